The molecule has 19 heavy (non-hydrogen) atoms. The smallest absolute Gasteiger partial charge is 0.191 e. The molecule has 2 N–H and O–H groups in total. The highest BCUT2D eigenvalue weighted by atomic mass is 32.2. The van der Waals surface area contributed by atoms with Gasteiger partial charge in [0.2, 0.25) is 0 Å². The molecule has 1 saturated heterocycles. The van der Waals surface area contributed by atoms with E-state index < -0.39 is 0 Å². The minimum absolute atomic E-state index is 0.607. The summed E-state index contributed by atoms with van der Waals surface area (Å²) >= 11 is 1.98. The molecule has 104 valence electrons. The Bertz CT molecular complexity index is 438. The van der Waals surface area contributed by atoms with Crippen LogP contribution in [0.15, 0.2) is 11.2 Å². The zero-order valence-corrected chi connectivity index (χ0v) is 12.0. The Balaban J connectivity index is 1.62. The van der Waals surface area contributed by atoms with Gasteiger partial charge in [-0.1, -0.05) is 0 Å². The van der Waals surface area contributed by atoms with Crippen LogP contribution in [-0.4, -0.2) is 45.0 Å². The van der Waals surface area contributed by atoms with Crippen molar-refractivity contribution in [3.05, 3.63) is 17.7 Å². The predicted molar refractivity (Wildman–Crippen MR) is 79.4 cm³/mol. The van der Waals surface area contributed by atoms with Crippen LogP contribution in [0.4, 0.5) is 0 Å². The summed E-state index contributed by atoms with van der Waals surface area (Å²) in [5.41, 5.74) is 7.10. The van der Waals surface area contributed by atoms with Gasteiger partial charge in [0, 0.05) is 43.8 Å². The molecule has 1 fully saturated rings. The maximum Gasteiger partial charge on any atom is 0.191 e. The lowest BCUT2D eigenvalue weighted by Crippen LogP contribution is -2.42. The summed E-state index contributed by atoms with van der Waals surface area (Å²) < 4.78 is 2.27. The van der Waals surface area contributed by atoms with E-state index in [0.717, 1.165) is 43.3 Å². The molecule has 2 aliphatic rings. The summed E-state index contributed by atoms with van der Waals surface area (Å²) in [6.07, 6.45) is 5.76. The summed E-state index contributed by atoms with van der Waals surface area (Å²) in [5.74, 6) is 4.18. The molecule has 6 heteroatoms. The van der Waals surface area contributed by atoms with Crippen molar-refractivity contribution < 1.29 is 0 Å². The van der Waals surface area contributed by atoms with Crippen LogP contribution in [0.2, 0.25) is 0 Å². The topological polar surface area (TPSA) is 59.4 Å². The van der Waals surface area contributed by atoms with Gasteiger partial charge >= 0.3 is 0 Å². The van der Waals surface area contributed by atoms with Crippen molar-refractivity contribution in [2.24, 2.45) is 10.7 Å². The molecule has 0 saturated carbocycles. The second-order valence-electron chi connectivity index (χ2n) is 5.07. The number of fused-ring (bicyclic) bond motifs is 1. The van der Waals surface area contributed by atoms with Crippen molar-refractivity contribution >= 4 is 17.7 Å². The lowest BCUT2D eigenvalue weighted by molar-refractivity contribution is 0.455. The molecule has 0 radical (unpaired) electrons. The Morgan fingerprint density at radius 1 is 1.32 bits per heavy atom. The van der Waals surface area contributed by atoms with Crippen molar-refractivity contribution in [2.75, 3.05) is 24.6 Å². The molecule has 0 spiro atoms. The van der Waals surface area contributed by atoms with Crippen molar-refractivity contribution in [2.45, 2.75) is 32.4 Å². The fraction of sp³-hybridized carbons (Fsp3) is 0.692. The molecule has 3 heterocycles. The second-order valence-corrected chi connectivity index (χ2v) is 6.30. The third-order valence-electron chi connectivity index (χ3n) is 3.70. The third-order valence-corrected chi connectivity index (χ3v) is 4.64. The number of aryl methyl sites for hydroxylation is 2. The van der Waals surface area contributed by atoms with Gasteiger partial charge in [0.05, 0.1) is 12.2 Å². The third kappa shape index (κ3) is 3.05. The zero-order valence-electron chi connectivity index (χ0n) is 11.2. The molecule has 0 unspecified atom stereocenters. The lowest BCUT2D eigenvalue weighted by Gasteiger charge is -2.27. The Morgan fingerprint density at radius 2 is 2.16 bits per heavy atom. The summed E-state index contributed by atoms with van der Waals surface area (Å²) in [5, 5.41) is 0. The van der Waals surface area contributed by atoms with E-state index >= 15 is 0 Å². The minimum Gasteiger partial charge on any atom is -0.370 e. The lowest BCUT2D eigenvalue weighted by atomic mass is 10.2. The van der Waals surface area contributed by atoms with E-state index in [1.54, 1.807) is 0 Å². The molecule has 0 bridgehead atoms. The quantitative estimate of drug-likeness (QED) is 0.650. The van der Waals surface area contributed by atoms with Crippen LogP contribution < -0.4 is 5.73 Å². The molecule has 1 aromatic rings. The Hall–Kier alpha value is -1.17. The van der Waals surface area contributed by atoms with Crippen molar-refractivity contribution in [3.8, 4) is 0 Å². The fourth-order valence-corrected chi connectivity index (χ4v) is 3.51. The molecule has 0 amide bonds. The SMILES string of the molecule is NC(=NCc1cn2c(n1)CCCC2)N1CCSCC1. The molecule has 5 nitrogen and oxygen atoms in total. The van der Waals surface area contributed by atoms with Crippen LogP contribution in [0.25, 0.3) is 0 Å². The highest BCUT2D eigenvalue weighted by Crippen LogP contribution is 2.15. The molecular weight excluding hydrogens is 258 g/mol. The normalized spacial score (nSPS) is 20.4. The van der Waals surface area contributed by atoms with Crippen molar-refractivity contribution in [3.63, 3.8) is 0 Å². The molecule has 1 aromatic heterocycles. The van der Waals surface area contributed by atoms with Gasteiger partial charge in [0.15, 0.2) is 5.96 Å². The van der Waals surface area contributed by atoms with Crippen LogP contribution in [0.5, 0.6) is 0 Å². The van der Waals surface area contributed by atoms with Crippen molar-refractivity contribution in [1.29, 1.82) is 0 Å². The number of rotatable bonds is 2. The first-order valence-corrected chi connectivity index (χ1v) is 8.16. The van der Waals surface area contributed by atoms with Gasteiger partial charge in [0.1, 0.15) is 5.82 Å². The monoisotopic (exact) mass is 279 g/mol. The first-order valence-electron chi connectivity index (χ1n) is 7.00. The van der Waals surface area contributed by atoms with Crippen LogP contribution in [0, 0.1) is 0 Å². The number of hydrogen-bond acceptors (Lipinski definition) is 3. The zero-order chi connectivity index (χ0) is 13.1. The molecule has 3 rings (SSSR count). The number of aliphatic imine (C=N–C) groups is 1. The maximum absolute atomic E-state index is 6.05. The number of imidazole rings is 1. The molecular formula is C13H21N5S. The van der Waals surface area contributed by atoms with Crippen LogP contribution >= 0.6 is 11.8 Å². The average molecular weight is 279 g/mol. The van der Waals surface area contributed by atoms with Gasteiger partial charge in [-0.05, 0) is 12.8 Å². The molecule has 0 atom stereocenters. The minimum atomic E-state index is 0.607. The summed E-state index contributed by atoms with van der Waals surface area (Å²) in [7, 11) is 0. The number of guanidine groups is 1. The second kappa shape index (κ2) is 5.86. The van der Waals surface area contributed by atoms with Gasteiger partial charge < -0.3 is 15.2 Å². The van der Waals surface area contributed by atoms with E-state index in [9.17, 15) is 0 Å². The average Bonchev–Trinajstić information content (AvgIpc) is 2.88. The largest absolute Gasteiger partial charge is 0.370 e. The standard InChI is InChI=1S/C13H21N5S/c14-13(17-5-7-19-8-6-17)15-9-11-10-18-4-2-1-3-12(18)16-11/h10H,1-9H2,(H2,14,15). The van der Waals surface area contributed by atoms with Crippen LogP contribution in [0.1, 0.15) is 24.4 Å². The van der Waals surface area contributed by atoms with Crippen LogP contribution in [0.3, 0.4) is 0 Å². The number of nitrogens with zero attached hydrogens (tertiary/aromatic N) is 4. The highest BCUT2D eigenvalue weighted by Gasteiger charge is 2.14. The number of nitrogens with two attached hydrogens (primary N) is 1. The van der Waals surface area contributed by atoms with E-state index in [-0.39, 0.29) is 0 Å². The van der Waals surface area contributed by atoms with Crippen LogP contribution in [-0.2, 0) is 19.5 Å². The number of hydrogen-bond donors (Lipinski definition) is 1. The first kappa shape index (κ1) is 12.8. The molecule has 2 aliphatic heterocycles. The molecule has 0 aromatic carbocycles. The van der Waals surface area contributed by atoms with Gasteiger partial charge in [-0.3, -0.25) is 0 Å². The highest BCUT2D eigenvalue weighted by molar-refractivity contribution is 7.99. The number of aromatic nitrogens is 2. The van der Waals surface area contributed by atoms with Crippen molar-refractivity contribution in [1.82, 2.24) is 14.5 Å². The van der Waals surface area contributed by atoms with E-state index in [1.165, 1.54) is 18.7 Å². The van der Waals surface area contributed by atoms with E-state index in [4.69, 9.17) is 5.73 Å². The van der Waals surface area contributed by atoms with E-state index in [0.29, 0.717) is 12.5 Å². The Morgan fingerprint density at radius 3 is 2.95 bits per heavy atom. The summed E-state index contributed by atoms with van der Waals surface area (Å²) in [6, 6.07) is 0. The summed E-state index contributed by atoms with van der Waals surface area (Å²) in [4.78, 5) is 11.3. The number of thioether (sulfide) groups is 1. The van der Waals surface area contributed by atoms with Gasteiger partial charge in [-0.15, -0.1) is 0 Å². The fourth-order valence-electron chi connectivity index (χ4n) is 2.60. The van der Waals surface area contributed by atoms with Gasteiger partial charge in [-0.25, -0.2) is 9.98 Å². The predicted octanol–water partition coefficient (Wildman–Crippen LogP) is 1.08. The Kier molecular flexibility index (Phi) is 3.96. The van der Waals surface area contributed by atoms with Gasteiger partial charge in [-0.2, -0.15) is 11.8 Å². The summed E-state index contributed by atoms with van der Waals surface area (Å²) in [6.45, 7) is 3.74. The molecule has 0 aliphatic carbocycles. The van der Waals surface area contributed by atoms with E-state index in [2.05, 4.69) is 25.6 Å². The van der Waals surface area contributed by atoms with Gasteiger partial charge in [0.25, 0.3) is 0 Å². The van der Waals surface area contributed by atoms with E-state index in [1.807, 2.05) is 11.8 Å². The maximum atomic E-state index is 6.05. The Labute approximate surface area is 118 Å². The first-order chi connectivity index (χ1) is 9.33.